The average Bonchev–Trinajstić information content (AvgIpc) is 2.87. The highest BCUT2D eigenvalue weighted by atomic mass is 16.5. The quantitative estimate of drug-likeness (QED) is 0.861. The molecule has 1 aromatic rings. The Morgan fingerprint density at radius 3 is 2.58 bits per heavy atom. The fourth-order valence-corrected chi connectivity index (χ4v) is 3.73. The maximum absolute atomic E-state index is 13.0. The van der Waals surface area contributed by atoms with E-state index < -0.39 is 23.2 Å². The molecule has 1 aliphatic heterocycles. The number of nitrogens with zero attached hydrogens (tertiary/aromatic N) is 2. The summed E-state index contributed by atoms with van der Waals surface area (Å²) < 4.78 is 5.68. The number of aromatic nitrogens is 1. The molecule has 1 saturated carbocycles. The second-order valence-electron chi connectivity index (χ2n) is 7.32. The predicted octanol–water partition coefficient (Wildman–Crippen LogP) is 1.95. The topological polar surface area (TPSA) is 79.7 Å². The molecule has 1 saturated heterocycles. The summed E-state index contributed by atoms with van der Waals surface area (Å²) in [5.74, 6) is -2.04. The van der Waals surface area contributed by atoms with Crippen LogP contribution in [0.4, 0.5) is 0 Å². The van der Waals surface area contributed by atoms with Gasteiger partial charge in [-0.25, -0.2) is 0 Å². The van der Waals surface area contributed by atoms with E-state index in [4.69, 9.17) is 4.74 Å². The third-order valence-corrected chi connectivity index (χ3v) is 5.24. The van der Waals surface area contributed by atoms with Crippen molar-refractivity contribution in [2.75, 3.05) is 13.2 Å². The lowest BCUT2D eigenvalue weighted by atomic mass is 10.1. The highest BCUT2D eigenvalue weighted by Gasteiger charge is 2.66. The summed E-state index contributed by atoms with van der Waals surface area (Å²) in [6, 6.07) is 3.75. The molecule has 0 bridgehead atoms. The van der Waals surface area contributed by atoms with Crippen LogP contribution in [0.5, 0.6) is 0 Å². The summed E-state index contributed by atoms with van der Waals surface area (Å²) in [5, 5.41) is 9.36. The smallest absolute Gasteiger partial charge is 0.307 e. The lowest BCUT2D eigenvalue weighted by Gasteiger charge is -2.26. The zero-order valence-corrected chi connectivity index (χ0v) is 14.1. The molecule has 130 valence electrons. The van der Waals surface area contributed by atoms with Gasteiger partial charge in [0.2, 0.25) is 5.91 Å². The number of carbonyl (C=O) groups is 2. The van der Waals surface area contributed by atoms with Gasteiger partial charge in [0.15, 0.2) is 0 Å². The van der Waals surface area contributed by atoms with Gasteiger partial charge in [0.25, 0.3) is 0 Å². The molecule has 1 unspecified atom stereocenters. The van der Waals surface area contributed by atoms with Gasteiger partial charge in [-0.3, -0.25) is 14.6 Å². The summed E-state index contributed by atoms with van der Waals surface area (Å²) >= 11 is 0. The van der Waals surface area contributed by atoms with Crippen molar-refractivity contribution in [3.8, 4) is 0 Å². The lowest BCUT2D eigenvalue weighted by Crippen LogP contribution is -2.39. The van der Waals surface area contributed by atoms with Crippen molar-refractivity contribution in [3.05, 3.63) is 30.1 Å². The third kappa shape index (κ3) is 3.29. The zero-order valence-electron chi connectivity index (χ0n) is 14.1. The molecule has 0 radical (unpaired) electrons. The summed E-state index contributed by atoms with van der Waals surface area (Å²) in [5.41, 5.74) is 0.498. The number of rotatable bonds is 6. The largest absolute Gasteiger partial charge is 0.481 e. The lowest BCUT2D eigenvalue weighted by molar-refractivity contribution is -0.142. The Labute approximate surface area is 141 Å². The summed E-state index contributed by atoms with van der Waals surface area (Å²) in [7, 11) is 0. The van der Waals surface area contributed by atoms with Gasteiger partial charge in [-0.1, -0.05) is 13.8 Å². The molecular formula is C18H24N2O4. The molecule has 0 spiro atoms. The molecule has 1 aliphatic carbocycles. The summed E-state index contributed by atoms with van der Waals surface area (Å²) in [4.78, 5) is 30.2. The van der Waals surface area contributed by atoms with Gasteiger partial charge < -0.3 is 14.7 Å². The summed E-state index contributed by atoms with van der Waals surface area (Å²) in [6.07, 6.45) is 5.39. The molecule has 1 N–H and O–H groups in total. The molecule has 3 rings (SSSR count). The number of carbonyl (C=O) groups excluding carboxylic acids is 1. The number of carboxylic acid groups (broad SMARTS) is 1. The Morgan fingerprint density at radius 1 is 1.33 bits per heavy atom. The molecule has 0 aromatic carbocycles. The van der Waals surface area contributed by atoms with E-state index in [0.29, 0.717) is 13.1 Å². The Hall–Kier alpha value is -1.95. The van der Waals surface area contributed by atoms with Gasteiger partial charge in [0.1, 0.15) is 0 Å². The first-order chi connectivity index (χ1) is 11.4. The molecule has 3 atom stereocenters. The van der Waals surface area contributed by atoms with Gasteiger partial charge >= 0.3 is 5.97 Å². The van der Waals surface area contributed by atoms with E-state index in [1.165, 1.54) is 0 Å². The molecule has 2 heterocycles. The van der Waals surface area contributed by atoms with Crippen molar-refractivity contribution in [1.82, 2.24) is 9.88 Å². The van der Waals surface area contributed by atoms with Crippen molar-refractivity contribution in [2.24, 2.45) is 17.3 Å². The van der Waals surface area contributed by atoms with E-state index in [1.807, 2.05) is 26.0 Å². The van der Waals surface area contributed by atoms with Gasteiger partial charge in [0.05, 0.1) is 17.9 Å². The van der Waals surface area contributed by atoms with Crippen LogP contribution in [0, 0.1) is 17.3 Å². The highest BCUT2D eigenvalue weighted by molar-refractivity contribution is 5.91. The van der Waals surface area contributed by atoms with Crippen molar-refractivity contribution in [3.63, 3.8) is 0 Å². The molecular weight excluding hydrogens is 308 g/mol. The van der Waals surface area contributed by atoms with Crippen molar-refractivity contribution in [2.45, 2.75) is 39.3 Å². The van der Waals surface area contributed by atoms with E-state index in [-0.39, 0.29) is 12.0 Å². The first kappa shape index (κ1) is 16.9. The number of ether oxygens (including phenoxy) is 1. The minimum atomic E-state index is -0.890. The van der Waals surface area contributed by atoms with E-state index in [2.05, 4.69) is 4.98 Å². The van der Waals surface area contributed by atoms with E-state index in [1.54, 1.807) is 17.3 Å². The van der Waals surface area contributed by atoms with Crippen LogP contribution in [0.1, 0.15) is 32.3 Å². The first-order valence-electron chi connectivity index (χ1n) is 8.43. The number of amides is 1. The molecule has 24 heavy (non-hydrogen) atoms. The van der Waals surface area contributed by atoms with Gasteiger partial charge in [-0.15, -0.1) is 0 Å². The second kappa shape index (κ2) is 6.51. The van der Waals surface area contributed by atoms with Gasteiger partial charge in [-0.05, 0) is 36.0 Å². The van der Waals surface area contributed by atoms with E-state index in [9.17, 15) is 14.7 Å². The van der Waals surface area contributed by atoms with Crippen LogP contribution in [-0.2, 0) is 20.9 Å². The van der Waals surface area contributed by atoms with Crippen LogP contribution < -0.4 is 0 Å². The van der Waals surface area contributed by atoms with Crippen molar-refractivity contribution >= 4 is 11.9 Å². The summed E-state index contributed by atoms with van der Waals surface area (Å²) in [6.45, 7) is 5.41. The van der Waals surface area contributed by atoms with Crippen LogP contribution in [0.15, 0.2) is 24.5 Å². The standard InChI is InChI=1S/C18H24N2O4/c1-18(2)14(15(18)17(22)23)16(21)20(11-13-4-3-9-24-13)10-12-5-7-19-8-6-12/h5-8,13-15H,3-4,9-11H2,1-2H3,(H,22,23)/t13?,14-,15+/m1/s1. The molecule has 6 nitrogen and oxygen atoms in total. The first-order valence-corrected chi connectivity index (χ1v) is 8.43. The zero-order chi connectivity index (χ0) is 17.3. The number of hydrogen-bond donors (Lipinski definition) is 1. The van der Waals surface area contributed by atoms with Gasteiger partial charge in [-0.2, -0.15) is 0 Å². The van der Waals surface area contributed by atoms with E-state index >= 15 is 0 Å². The molecule has 1 amide bonds. The van der Waals surface area contributed by atoms with Crippen molar-refractivity contribution < 1.29 is 19.4 Å². The van der Waals surface area contributed by atoms with Crippen LogP contribution in [0.2, 0.25) is 0 Å². The van der Waals surface area contributed by atoms with E-state index in [0.717, 1.165) is 25.0 Å². The van der Waals surface area contributed by atoms with Crippen LogP contribution in [-0.4, -0.2) is 46.1 Å². The fourth-order valence-electron chi connectivity index (χ4n) is 3.73. The maximum atomic E-state index is 13.0. The predicted molar refractivity (Wildman–Crippen MR) is 87.0 cm³/mol. The number of hydrogen-bond acceptors (Lipinski definition) is 4. The van der Waals surface area contributed by atoms with Crippen LogP contribution >= 0.6 is 0 Å². The average molecular weight is 332 g/mol. The number of carboxylic acids is 1. The Bertz CT molecular complexity index is 611. The molecule has 1 aromatic heterocycles. The number of aliphatic carboxylic acids is 1. The van der Waals surface area contributed by atoms with Gasteiger partial charge in [0, 0.05) is 32.1 Å². The van der Waals surface area contributed by atoms with Crippen LogP contribution in [0.3, 0.4) is 0 Å². The molecule has 2 aliphatic rings. The normalized spacial score (nSPS) is 27.7. The maximum Gasteiger partial charge on any atom is 0.307 e. The Morgan fingerprint density at radius 2 is 2.04 bits per heavy atom. The minimum absolute atomic E-state index is 0.0425. The fraction of sp³-hybridized carbons (Fsp3) is 0.611. The third-order valence-electron chi connectivity index (χ3n) is 5.24. The molecule has 2 fully saturated rings. The Kier molecular flexibility index (Phi) is 4.58. The Balaban J connectivity index is 1.76. The monoisotopic (exact) mass is 332 g/mol. The van der Waals surface area contributed by atoms with Crippen molar-refractivity contribution in [1.29, 1.82) is 0 Å². The highest BCUT2D eigenvalue weighted by Crippen LogP contribution is 2.59. The minimum Gasteiger partial charge on any atom is -0.481 e. The SMILES string of the molecule is CC1(C)[C@H](C(=O)O)[C@@H]1C(=O)N(Cc1ccncc1)CC1CCCO1. The van der Waals surface area contributed by atoms with Crippen LogP contribution in [0.25, 0.3) is 0 Å². The second-order valence-corrected chi connectivity index (χ2v) is 7.32. The molecule has 6 heteroatoms. The number of pyridine rings is 1.